The molecular formula is C16H23FN2O4. The smallest absolute Gasteiger partial charge is 0.123 e. The van der Waals surface area contributed by atoms with Crippen molar-refractivity contribution in [1.29, 1.82) is 0 Å². The van der Waals surface area contributed by atoms with E-state index >= 15 is 0 Å². The molecule has 0 aromatic heterocycles. The van der Waals surface area contributed by atoms with Crippen molar-refractivity contribution >= 4 is 0 Å². The Labute approximate surface area is 134 Å². The van der Waals surface area contributed by atoms with Crippen LogP contribution in [-0.2, 0) is 15.9 Å². The van der Waals surface area contributed by atoms with Crippen LogP contribution in [0.4, 0.5) is 4.39 Å². The largest absolute Gasteiger partial charge is 0.496 e. The summed E-state index contributed by atoms with van der Waals surface area (Å²) in [6.07, 6.45) is -0.204. The van der Waals surface area contributed by atoms with E-state index in [2.05, 4.69) is 10.6 Å². The van der Waals surface area contributed by atoms with Crippen LogP contribution in [0.1, 0.15) is 5.56 Å². The summed E-state index contributed by atoms with van der Waals surface area (Å²) in [7, 11) is 1.53. The van der Waals surface area contributed by atoms with E-state index in [0.29, 0.717) is 37.8 Å². The fourth-order valence-electron chi connectivity index (χ4n) is 3.25. The molecule has 7 heteroatoms. The molecule has 2 heterocycles. The second-order valence-corrected chi connectivity index (χ2v) is 5.96. The molecule has 0 amide bonds. The maximum Gasteiger partial charge on any atom is 0.123 e. The van der Waals surface area contributed by atoms with E-state index in [-0.39, 0.29) is 18.3 Å². The van der Waals surface area contributed by atoms with Crippen molar-refractivity contribution in [3.63, 3.8) is 0 Å². The molecule has 3 N–H and O–H groups in total. The lowest BCUT2D eigenvalue weighted by molar-refractivity contribution is -0.134. The first-order valence-electron chi connectivity index (χ1n) is 7.82. The molecule has 23 heavy (non-hydrogen) atoms. The first-order valence-corrected chi connectivity index (χ1v) is 7.82. The number of nitrogens with one attached hydrogen (secondary N) is 2. The molecule has 2 fully saturated rings. The predicted octanol–water partition coefficient (Wildman–Crippen LogP) is 0.0422. The quantitative estimate of drug-likeness (QED) is 0.710. The Hall–Kier alpha value is -1.25. The third kappa shape index (κ3) is 3.49. The van der Waals surface area contributed by atoms with Crippen molar-refractivity contribution < 1.29 is 23.7 Å². The summed E-state index contributed by atoms with van der Waals surface area (Å²) < 4.78 is 30.1. The van der Waals surface area contributed by atoms with Gasteiger partial charge in [-0.25, -0.2) is 4.39 Å². The van der Waals surface area contributed by atoms with Gasteiger partial charge in [-0.3, -0.25) is 5.32 Å². The third-order valence-electron chi connectivity index (χ3n) is 4.52. The van der Waals surface area contributed by atoms with Crippen molar-refractivity contribution in [3.05, 3.63) is 29.6 Å². The van der Waals surface area contributed by atoms with Crippen LogP contribution in [0, 0.1) is 5.82 Å². The van der Waals surface area contributed by atoms with Gasteiger partial charge < -0.3 is 24.6 Å². The van der Waals surface area contributed by atoms with Crippen molar-refractivity contribution in [1.82, 2.24) is 10.6 Å². The van der Waals surface area contributed by atoms with E-state index in [1.54, 1.807) is 6.07 Å². The van der Waals surface area contributed by atoms with Crippen LogP contribution in [0.25, 0.3) is 0 Å². The minimum atomic E-state index is -1.23. The normalized spacial score (nSPS) is 27.6. The molecule has 2 aliphatic rings. The van der Waals surface area contributed by atoms with E-state index in [9.17, 15) is 9.50 Å². The number of rotatable bonds is 5. The highest BCUT2D eigenvalue weighted by atomic mass is 19.1. The molecule has 0 radical (unpaired) electrons. The molecule has 1 aromatic carbocycles. The highest BCUT2D eigenvalue weighted by molar-refractivity contribution is 5.36. The highest BCUT2D eigenvalue weighted by Gasteiger charge is 2.47. The Kier molecular flexibility index (Phi) is 5.13. The third-order valence-corrected chi connectivity index (χ3v) is 4.52. The molecule has 0 bridgehead atoms. The molecule has 0 saturated carbocycles. The summed E-state index contributed by atoms with van der Waals surface area (Å²) in [4.78, 5) is 0. The van der Waals surface area contributed by atoms with Crippen LogP contribution in [0.15, 0.2) is 18.2 Å². The van der Waals surface area contributed by atoms with Gasteiger partial charge in [0.2, 0.25) is 0 Å². The van der Waals surface area contributed by atoms with E-state index in [1.165, 1.54) is 19.2 Å². The van der Waals surface area contributed by atoms with E-state index in [1.807, 2.05) is 0 Å². The molecule has 3 rings (SSSR count). The molecule has 6 nitrogen and oxygen atoms in total. The van der Waals surface area contributed by atoms with Crippen molar-refractivity contribution in [3.8, 4) is 5.75 Å². The second-order valence-electron chi connectivity index (χ2n) is 5.96. The molecule has 2 saturated heterocycles. The first kappa shape index (κ1) is 16.6. The Balaban J connectivity index is 1.90. The number of halogens is 1. The molecule has 1 aromatic rings. The molecular weight excluding hydrogens is 303 g/mol. The first-order chi connectivity index (χ1) is 11.1. The summed E-state index contributed by atoms with van der Waals surface area (Å²) in [6.45, 7) is 2.58. The minimum absolute atomic E-state index is 0.210. The zero-order valence-electron chi connectivity index (χ0n) is 13.2. The number of morpholine rings is 1. The molecule has 1 unspecified atom stereocenters. The second kappa shape index (κ2) is 7.11. The molecule has 2 aliphatic heterocycles. The zero-order chi connectivity index (χ0) is 16.3. The van der Waals surface area contributed by atoms with E-state index in [0.717, 1.165) is 6.54 Å². The fourth-order valence-corrected chi connectivity index (χ4v) is 3.25. The number of benzene rings is 1. The molecule has 3 atom stereocenters. The van der Waals surface area contributed by atoms with Gasteiger partial charge in [-0.15, -0.1) is 0 Å². The van der Waals surface area contributed by atoms with Gasteiger partial charge in [-0.05, 0) is 18.2 Å². The summed E-state index contributed by atoms with van der Waals surface area (Å²) in [6, 6.07) is 4.02. The zero-order valence-corrected chi connectivity index (χ0v) is 13.2. The minimum Gasteiger partial charge on any atom is -0.496 e. The van der Waals surface area contributed by atoms with Gasteiger partial charge in [0.1, 0.15) is 23.3 Å². The van der Waals surface area contributed by atoms with Gasteiger partial charge in [-0.1, -0.05) is 0 Å². The van der Waals surface area contributed by atoms with Crippen LogP contribution in [0.3, 0.4) is 0 Å². The summed E-state index contributed by atoms with van der Waals surface area (Å²) in [5.41, 5.74) is -0.622. The number of hydrogen-bond donors (Lipinski definition) is 3. The Bertz CT molecular complexity index is 533. The summed E-state index contributed by atoms with van der Waals surface area (Å²) in [5.74, 6) is 0.189. The average molecular weight is 326 g/mol. The number of hydrogen-bond acceptors (Lipinski definition) is 6. The lowest BCUT2D eigenvalue weighted by Gasteiger charge is -2.42. The van der Waals surface area contributed by atoms with Gasteiger partial charge in [0.25, 0.3) is 0 Å². The van der Waals surface area contributed by atoms with Gasteiger partial charge in [0.15, 0.2) is 0 Å². The lowest BCUT2D eigenvalue weighted by atomic mass is 9.81. The topological polar surface area (TPSA) is 72.0 Å². The number of ether oxygens (including phenoxy) is 3. The maximum absolute atomic E-state index is 13.7. The number of methoxy groups -OCH3 is 1. The number of aliphatic hydroxyl groups is 1. The molecule has 0 spiro atoms. The van der Waals surface area contributed by atoms with Crippen LogP contribution in [0.2, 0.25) is 0 Å². The van der Waals surface area contributed by atoms with Crippen molar-refractivity contribution in [2.45, 2.75) is 24.2 Å². The summed E-state index contributed by atoms with van der Waals surface area (Å²) in [5, 5.41) is 17.8. The van der Waals surface area contributed by atoms with Crippen LogP contribution in [-0.4, -0.2) is 63.0 Å². The van der Waals surface area contributed by atoms with Gasteiger partial charge in [0.05, 0.1) is 33.1 Å². The standard InChI is InChI=1S/C16H23FN2O4/c1-21-13-3-2-12(17)6-11(13)7-16(20,14-9-22-10-19-14)15-8-18-4-5-23-15/h2-3,6,14-15,18-20H,4-5,7-10H2,1H3/t14?,15-,16+/m0/s1. The Morgan fingerprint density at radius 3 is 3.00 bits per heavy atom. The average Bonchev–Trinajstić information content (AvgIpc) is 3.11. The van der Waals surface area contributed by atoms with Crippen LogP contribution >= 0.6 is 0 Å². The molecule has 0 aliphatic carbocycles. The van der Waals surface area contributed by atoms with E-state index in [4.69, 9.17) is 14.2 Å². The van der Waals surface area contributed by atoms with Crippen molar-refractivity contribution in [2.24, 2.45) is 0 Å². The Morgan fingerprint density at radius 2 is 2.35 bits per heavy atom. The van der Waals surface area contributed by atoms with Crippen LogP contribution in [0.5, 0.6) is 5.75 Å². The van der Waals surface area contributed by atoms with Crippen LogP contribution < -0.4 is 15.4 Å². The SMILES string of the molecule is COc1ccc(F)cc1C[C@@](O)(C1COCN1)[C@@H]1CNCCO1. The van der Waals surface area contributed by atoms with Gasteiger partial charge in [0, 0.05) is 25.1 Å². The monoisotopic (exact) mass is 326 g/mol. The summed E-state index contributed by atoms with van der Waals surface area (Å²) >= 11 is 0. The van der Waals surface area contributed by atoms with Crippen molar-refractivity contribution in [2.75, 3.05) is 40.1 Å². The maximum atomic E-state index is 13.7. The molecule has 128 valence electrons. The van der Waals surface area contributed by atoms with Gasteiger partial charge in [-0.2, -0.15) is 0 Å². The van der Waals surface area contributed by atoms with E-state index < -0.39 is 11.7 Å². The predicted molar refractivity (Wildman–Crippen MR) is 82.0 cm³/mol. The van der Waals surface area contributed by atoms with Gasteiger partial charge >= 0.3 is 0 Å². The lowest BCUT2D eigenvalue weighted by Crippen LogP contribution is -2.63. The highest BCUT2D eigenvalue weighted by Crippen LogP contribution is 2.31. The Morgan fingerprint density at radius 1 is 1.48 bits per heavy atom. The fraction of sp³-hybridized carbons (Fsp3) is 0.625.